The van der Waals surface area contributed by atoms with E-state index < -0.39 is 0 Å². The molecule has 2 atom stereocenters. The maximum atomic E-state index is 9.63. The molecule has 0 saturated heterocycles. The Hall–Kier alpha value is -0.620. The Labute approximate surface area is 48.6 Å². The van der Waals surface area contributed by atoms with Gasteiger partial charge in [0.25, 0.3) is 0 Å². The Balaban J connectivity index is 2.26. The normalized spacial score (nSPS) is 33.6. The van der Waals surface area contributed by atoms with Gasteiger partial charge in [-0.25, -0.2) is 9.79 Å². The number of nitrogens with zero attached hydrogens (tertiary/aromatic N) is 1. The molecule has 0 radical (unpaired) electrons. The molecule has 44 valence electrons. The molecule has 0 aliphatic heterocycles. The van der Waals surface area contributed by atoms with Gasteiger partial charge in [-0.3, -0.25) is 0 Å². The van der Waals surface area contributed by atoms with Crippen LogP contribution in [0.5, 0.6) is 0 Å². The minimum absolute atomic E-state index is 0.331. The van der Waals surface area contributed by atoms with E-state index in [1.165, 1.54) is 0 Å². The maximum Gasteiger partial charge on any atom is 0.235 e. The fourth-order valence-electron chi connectivity index (χ4n) is 0.896. The van der Waals surface area contributed by atoms with Crippen LogP contribution in [0.2, 0.25) is 0 Å². The van der Waals surface area contributed by atoms with Crippen molar-refractivity contribution in [2.45, 2.75) is 25.8 Å². The predicted molar refractivity (Wildman–Crippen MR) is 30.3 cm³/mol. The largest absolute Gasteiger partial charge is 0.235 e. The minimum atomic E-state index is 0.331. The van der Waals surface area contributed by atoms with Crippen LogP contribution < -0.4 is 0 Å². The average molecular weight is 111 g/mol. The van der Waals surface area contributed by atoms with Crippen molar-refractivity contribution in [3.63, 3.8) is 0 Å². The van der Waals surface area contributed by atoms with E-state index in [4.69, 9.17) is 0 Å². The summed E-state index contributed by atoms with van der Waals surface area (Å²) in [5.41, 5.74) is 0. The zero-order chi connectivity index (χ0) is 5.98. The molecule has 8 heavy (non-hydrogen) atoms. The first-order valence-corrected chi connectivity index (χ1v) is 2.95. The molecule has 1 aliphatic carbocycles. The molecule has 1 saturated carbocycles. The van der Waals surface area contributed by atoms with Crippen LogP contribution in [0, 0.1) is 5.92 Å². The lowest BCUT2D eigenvalue weighted by Crippen LogP contribution is -1.78. The molecule has 0 N–H and O–H groups in total. The van der Waals surface area contributed by atoms with Crippen molar-refractivity contribution >= 4 is 6.08 Å². The Morgan fingerprint density at radius 1 is 1.88 bits per heavy atom. The van der Waals surface area contributed by atoms with Gasteiger partial charge in [-0.2, -0.15) is 0 Å². The van der Waals surface area contributed by atoms with Gasteiger partial charge in [0.2, 0.25) is 6.08 Å². The van der Waals surface area contributed by atoms with Crippen molar-refractivity contribution in [1.29, 1.82) is 0 Å². The summed E-state index contributed by atoms with van der Waals surface area (Å²) in [4.78, 5) is 13.2. The van der Waals surface area contributed by atoms with Crippen molar-refractivity contribution in [3.05, 3.63) is 0 Å². The van der Waals surface area contributed by atoms with E-state index in [0.29, 0.717) is 12.0 Å². The second kappa shape index (κ2) is 2.10. The van der Waals surface area contributed by atoms with Gasteiger partial charge in [0, 0.05) is 0 Å². The first kappa shape index (κ1) is 5.52. The Morgan fingerprint density at radius 3 is 3.00 bits per heavy atom. The standard InChI is InChI=1S/C6H9NO/c1-2-5-3-6(5)7-4-8/h5-6H,2-3H2,1H3. The van der Waals surface area contributed by atoms with E-state index in [2.05, 4.69) is 11.9 Å². The van der Waals surface area contributed by atoms with Crippen molar-refractivity contribution in [3.8, 4) is 0 Å². The fourth-order valence-corrected chi connectivity index (χ4v) is 0.896. The molecular weight excluding hydrogens is 102 g/mol. The molecule has 0 spiro atoms. The predicted octanol–water partition coefficient (Wildman–Crippen LogP) is 1.12. The summed E-state index contributed by atoms with van der Waals surface area (Å²) >= 11 is 0. The topological polar surface area (TPSA) is 29.4 Å². The molecule has 2 nitrogen and oxygen atoms in total. The molecule has 1 rings (SSSR count). The van der Waals surface area contributed by atoms with Gasteiger partial charge in [-0.05, 0) is 12.3 Å². The first-order chi connectivity index (χ1) is 3.88. The zero-order valence-electron chi connectivity index (χ0n) is 4.92. The summed E-state index contributed by atoms with van der Waals surface area (Å²) in [6.07, 6.45) is 3.82. The van der Waals surface area contributed by atoms with Gasteiger partial charge in [-0.15, -0.1) is 0 Å². The highest BCUT2D eigenvalue weighted by molar-refractivity contribution is 5.34. The van der Waals surface area contributed by atoms with Crippen LogP contribution in [0.1, 0.15) is 19.8 Å². The minimum Gasteiger partial charge on any atom is -0.211 e. The number of carbonyl (C=O) groups excluding carboxylic acids is 1. The highest BCUT2D eigenvalue weighted by Crippen LogP contribution is 2.35. The monoisotopic (exact) mass is 111 g/mol. The van der Waals surface area contributed by atoms with Gasteiger partial charge < -0.3 is 0 Å². The van der Waals surface area contributed by atoms with Gasteiger partial charge >= 0.3 is 0 Å². The molecule has 0 aromatic heterocycles. The summed E-state index contributed by atoms with van der Waals surface area (Å²) in [5.74, 6) is 0.691. The molecule has 0 heterocycles. The van der Waals surface area contributed by atoms with E-state index in [0.717, 1.165) is 12.8 Å². The summed E-state index contributed by atoms with van der Waals surface area (Å²) in [6.45, 7) is 2.12. The van der Waals surface area contributed by atoms with Crippen LogP contribution in [-0.2, 0) is 4.79 Å². The van der Waals surface area contributed by atoms with E-state index >= 15 is 0 Å². The van der Waals surface area contributed by atoms with Crippen LogP contribution in [0.25, 0.3) is 0 Å². The van der Waals surface area contributed by atoms with Crippen LogP contribution in [0.15, 0.2) is 4.99 Å². The Morgan fingerprint density at radius 2 is 2.62 bits per heavy atom. The lowest BCUT2D eigenvalue weighted by Gasteiger charge is -1.80. The molecule has 2 heteroatoms. The highest BCUT2D eigenvalue weighted by Gasteiger charge is 2.34. The first-order valence-electron chi connectivity index (χ1n) is 2.95. The van der Waals surface area contributed by atoms with Crippen LogP contribution in [0.4, 0.5) is 0 Å². The van der Waals surface area contributed by atoms with Crippen molar-refractivity contribution < 1.29 is 4.79 Å². The zero-order valence-corrected chi connectivity index (χ0v) is 4.92. The second-order valence-electron chi connectivity index (χ2n) is 2.19. The van der Waals surface area contributed by atoms with Crippen LogP contribution in [-0.4, -0.2) is 12.1 Å². The molecule has 1 fully saturated rings. The third kappa shape index (κ3) is 0.958. The van der Waals surface area contributed by atoms with E-state index in [-0.39, 0.29) is 0 Å². The lowest BCUT2D eigenvalue weighted by atomic mass is 10.3. The number of aliphatic imine (C=N–C) groups is 1. The summed E-state index contributed by atoms with van der Waals surface area (Å²) in [6, 6.07) is 0.331. The number of rotatable bonds is 2. The van der Waals surface area contributed by atoms with E-state index in [1.54, 1.807) is 6.08 Å². The van der Waals surface area contributed by atoms with E-state index in [9.17, 15) is 4.79 Å². The van der Waals surface area contributed by atoms with E-state index in [1.807, 2.05) is 0 Å². The second-order valence-corrected chi connectivity index (χ2v) is 2.19. The average Bonchev–Trinajstić information content (AvgIpc) is 2.48. The number of hydrogen-bond acceptors (Lipinski definition) is 2. The number of hydrogen-bond donors (Lipinski definition) is 0. The Kier molecular flexibility index (Phi) is 1.45. The lowest BCUT2D eigenvalue weighted by molar-refractivity contribution is 0.561. The van der Waals surface area contributed by atoms with Crippen molar-refractivity contribution in [2.75, 3.05) is 0 Å². The van der Waals surface area contributed by atoms with Crippen LogP contribution in [0.3, 0.4) is 0 Å². The summed E-state index contributed by atoms with van der Waals surface area (Å²) in [7, 11) is 0. The molecule has 0 bridgehead atoms. The molecule has 0 amide bonds. The third-order valence-electron chi connectivity index (χ3n) is 1.63. The quantitative estimate of drug-likeness (QED) is 0.388. The molecule has 0 aromatic rings. The van der Waals surface area contributed by atoms with Crippen molar-refractivity contribution in [1.82, 2.24) is 0 Å². The van der Waals surface area contributed by atoms with Crippen molar-refractivity contribution in [2.24, 2.45) is 10.9 Å². The van der Waals surface area contributed by atoms with Gasteiger partial charge in [0.1, 0.15) is 0 Å². The van der Waals surface area contributed by atoms with Gasteiger partial charge in [-0.1, -0.05) is 13.3 Å². The maximum absolute atomic E-state index is 9.63. The molecular formula is C6H9NO. The highest BCUT2D eigenvalue weighted by atomic mass is 16.1. The molecule has 1 aliphatic rings. The summed E-state index contributed by atoms with van der Waals surface area (Å²) in [5, 5.41) is 0. The van der Waals surface area contributed by atoms with Crippen LogP contribution >= 0.6 is 0 Å². The SMILES string of the molecule is CCC1CC1N=C=O. The Bertz CT molecular complexity index is 126. The third-order valence-corrected chi connectivity index (χ3v) is 1.63. The molecule has 0 aromatic carbocycles. The smallest absolute Gasteiger partial charge is 0.211 e. The summed E-state index contributed by atoms with van der Waals surface area (Å²) < 4.78 is 0. The van der Waals surface area contributed by atoms with Gasteiger partial charge in [0.05, 0.1) is 6.04 Å². The number of isocyanates is 1. The fraction of sp³-hybridized carbons (Fsp3) is 0.833. The van der Waals surface area contributed by atoms with Gasteiger partial charge in [0.15, 0.2) is 0 Å². The molecule has 2 unspecified atom stereocenters.